The maximum absolute atomic E-state index is 12.3. The summed E-state index contributed by atoms with van der Waals surface area (Å²) in [6.45, 7) is 0.540. The first kappa shape index (κ1) is 10.1. The minimum absolute atomic E-state index is 0. The fourth-order valence-electron chi connectivity index (χ4n) is 1.04. The van der Waals surface area contributed by atoms with Crippen LogP contribution in [0.15, 0.2) is 0 Å². The van der Waals surface area contributed by atoms with Crippen LogP contribution in [0.25, 0.3) is 0 Å². The van der Waals surface area contributed by atoms with Gasteiger partial charge in [0, 0.05) is 12.6 Å². The van der Waals surface area contributed by atoms with E-state index in [1.165, 1.54) is 0 Å². The van der Waals surface area contributed by atoms with E-state index in [9.17, 15) is 4.39 Å². The molecular formula is C6H13ClFNO. The number of rotatable bonds is 1. The van der Waals surface area contributed by atoms with Crippen LogP contribution in [-0.4, -0.2) is 30.5 Å². The van der Waals surface area contributed by atoms with Crippen LogP contribution in [0.5, 0.6) is 0 Å². The Balaban J connectivity index is 0.000000810. The zero-order chi connectivity index (χ0) is 6.69. The van der Waals surface area contributed by atoms with E-state index >= 15 is 0 Å². The first-order valence-corrected chi connectivity index (χ1v) is 3.31. The van der Waals surface area contributed by atoms with Crippen LogP contribution in [0.4, 0.5) is 4.39 Å². The summed E-state index contributed by atoms with van der Waals surface area (Å²) >= 11 is 0. The van der Waals surface area contributed by atoms with E-state index in [1.807, 2.05) is 0 Å². The monoisotopic (exact) mass is 169 g/mol. The van der Waals surface area contributed by atoms with E-state index in [-0.39, 0.29) is 25.1 Å². The molecule has 2 nitrogen and oxygen atoms in total. The van der Waals surface area contributed by atoms with Crippen LogP contribution < -0.4 is 5.32 Å². The Bertz CT molecular complexity index is 85.8. The lowest BCUT2D eigenvalue weighted by Crippen LogP contribution is -2.41. The van der Waals surface area contributed by atoms with Crippen molar-refractivity contribution in [2.45, 2.75) is 25.1 Å². The number of halogens is 2. The highest BCUT2D eigenvalue weighted by Gasteiger charge is 2.18. The second-order valence-corrected chi connectivity index (χ2v) is 2.46. The maximum atomic E-state index is 12.3. The van der Waals surface area contributed by atoms with Gasteiger partial charge in [-0.05, 0) is 12.8 Å². The molecule has 1 fully saturated rings. The Labute approximate surface area is 66.2 Å². The summed E-state index contributed by atoms with van der Waals surface area (Å²) in [6.07, 6.45) is 0.656. The van der Waals surface area contributed by atoms with E-state index in [2.05, 4.69) is 5.32 Å². The molecular weight excluding hydrogens is 157 g/mol. The molecule has 2 atom stereocenters. The molecule has 0 unspecified atom stereocenters. The number of aliphatic hydroxyl groups is 1. The van der Waals surface area contributed by atoms with Gasteiger partial charge in [-0.25, -0.2) is 4.39 Å². The lowest BCUT2D eigenvalue weighted by molar-refractivity contribution is 0.174. The number of hydrogen-bond acceptors (Lipinski definition) is 2. The molecule has 0 saturated carbocycles. The highest BCUT2D eigenvalue weighted by Crippen LogP contribution is 2.09. The van der Waals surface area contributed by atoms with E-state index in [1.54, 1.807) is 0 Å². The predicted octanol–water partition coefficient (Wildman–Crippen LogP) is 0.491. The van der Waals surface area contributed by atoms with E-state index in [0.29, 0.717) is 13.0 Å². The van der Waals surface area contributed by atoms with Gasteiger partial charge in [0.2, 0.25) is 0 Å². The second-order valence-electron chi connectivity index (χ2n) is 2.46. The van der Waals surface area contributed by atoms with Gasteiger partial charge in [0.25, 0.3) is 0 Å². The Kier molecular flexibility index (Phi) is 4.95. The number of aliphatic hydroxyl groups excluding tert-OH is 1. The number of piperidine rings is 1. The van der Waals surface area contributed by atoms with Gasteiger partial charge in [-0.2, -0.15) is 0 Å². The lowest BCUT2D eigenvalue weighted by Gasteiger charge is -2.23. The molecule has 1 aliphatic rings. The molecule has 4 heteroatoms. The third-order valence-corrected chi connectivity index (χ3v) is 1.68. The molecule has 0 aliphatic carbocycles. The first-order valence-electron chi connectivity index (χ1n) is 3.31. The topological polar surface area (TPSA) is 32.3 Å². The van der Waals surface area contributed by atoms with Crippen LogP contribution in [0, 0.1) is 0 Å². The SMILES string of the molecule is Cl.OC[C@@H]1CC[C@@H](F)CN1. The summed E-state index contributed by atoms with van der Waals surface area (Å²) in [5, 5.41) is 11.5. The molecule has 0 aromatic carbocycles. The van der Waals surface area contributed by atoms with Gasteiger partial charge in [-0.1, -0.05) is 0 Å². The van der Waals surface area contributed by atoms with Gasteiger partial charge >= 0.3 is 0 Å². The van der Waals surface area contributed by atoms with Crippen LogP contribution in [0.3, 0.4) is 0 Å². The van der Waals surface area contributed by atoms with Crippen molar-refractivity contribution in [3.05, 3.63) is 0 Å². The minimum Gasteiger partial charge on any atom is -0.395 e. The number of nitrogens with one attached hydrogen (secondary N) is 1. The summed E-state index contributed by atoms with van der Waals surface area (Å²) in [7, 11) is 0. The van der Waals surface area contributed by atoms with Gasteiger partial charge in [-0.3, -0.25) is 0 Å². The highest BCUT2D eigenvalue weighted by molar-refractivity contribution is 5.85. The molecule has 1 aliphatic heterocycles. The van der Waals surface area contributed by atoms with E-state index in [0.717, 1.165) is 6.42 Å². The fraction of sp³-hybridized carbons (Fsp3) is 1.00. The zero-order valence-corrected chi connectivity index (χ0v) is 6.53. The quantitative estimate of drug-likeness (QED) is 0.599. The van der Waals surface area contributed by atoms with Gasteiger partial charge in [0.15, 0.2) is 0 Å². The van der Waals surface area contributed by atoms with Gasteiger partial charge in [0.1, 0.15) is 6.17 Å². The molecule has 0 bridgehead atoms. The summed E-state index contributed by atoms with van der Waals surface area (Å²) < 4.78 is 12.3. The molecule has 1 rings (SSSR count). The summed E-state index contributed by atoms with van der Waals surface area (Å²) in [5.74, 6) is 0. The molecule has 0 radical (unpaired) electrons. The largest absolute Gasteiger partial charge is 0.395 e. The maximum Gasteiger partial charge on any atom is 0.113 e. The predicted molar refractivity (Wildman–Crippen MR) is 40.3 cm³/mol. The van der Waals surface area contributed by atoms with Crippen molar-refractivity contribution in [3.8, 4) is 0 Å². The average molecular weight is 170 g/mol. The minimum atomic E-state index is -0.701. The Morgan fingerprint density at radius 3 is 2.60 bits per heavy atom. The van der Waals surface area contributed by atoms with Crippen molar-refractivity contribution >= 4 is 12.4 Å². The van der Waals surface area contributed by atoms with E-state index in [4.69, 9.17) is 5.11 Å². The van der Waals surface area contributed by atoms with Gasteiger partial charge in [-0.15, -0.1) is 12.4 Å². The average Bonchev–Trinajstić information content (AvgIpc) is 1.90. The lowest BCUT2D eigenvalue weighted by atomic mass is 10.0. The van der Waals surface area contributed by atoms with Crippen molar-refractivity contribution in [1.82, 2.24) is 5.32 Å². The van der Waals surface area contributed by atoms with Crippen LogP contribution in [0.2, 0.25) is 0 Å². The van der Waals surface area contributed by atoms with E-state index < -0.39 is 6.17 Å². The van der Waals surface area contributed by atoms with Crippen molar-refractivity contribution in [3.63, 3.8) is 0 Å². The second kappa shape index (κ2) is 4.88. The standard InChI is InChI=1S/C6H12FNO.ClH/c7-5-1-2-6(4-9)8-3-5;/h5-6,8-9H,1-4H2;1H/t5-,6+;/m1./s1. The fourth-order valence-corrected chi connectivity index (χ4v) is 1.04. The molecule has 0 spiro atoms. The highest BCUT2D eigenvalue weighted by atomic mass is 35.5. The van der Waals surface area contributed by atoms with Crippen LogP contribution in [-0.2, 0) is 0 Å². The normalized spacial score (nSPS) is 33.0. The first-order chi connectivity index (χ1) is 4.33. The molecule has 1 heterocycles. The Morgan fingerprint density at radius 1 is 1.50 bits per heavy atom. The van der Waals surface area contributed by atoms with Gasteiger partial charge < -0.3 is 10.4 Å². The Hall–Kier alpha value is 0.140. The summed E-state index contributed by atoms with van der Waals surface area (Å²) in [6, 6.07) is 0.136. The third kappa shape index (κ3) is 2.82. The molecule has 0 amide bonds. The van der Waals surface area contributed by atoms with Crippen molar-refractivity contribution in [2.24, 2.45) is 0 Å². The molecule has 1 saturated heterocycles. The van der Waals surface area contributed by atoms with Gasteiger partial charge in [0.05, 0.1) is 6.61 Å². The number of hydrogen-bond donors (Lipinski definition) is 2. The molecule has 2 N–H and O–H groups in total. The smallest absolute Gasteiger partial charge is 0.113 e. The Morgan fingerprint density at radius 2 is 2.20 bits per heavy atom. The third-order valence-electron chi connectivity index (χ3n) is 1.68. The molecule has 62 valence electrons. The summed E-state index contributed by atoms with van der Waals surface area (Å²) in [5.41, 5.74) is 0. The van der Waals surface area contributed by atoms with Crippen molar-refractivity contribution < 1.29 is 9.50 Å². The molecule has 10 heavy (non-hydrogen) atoms. The zero-order valence-electron chi connectivity index (χ0n) is 5.72. The van der Waals surface area contributed by atoms with Crippen molar-refractivity contribution in [1.29, 1.82) is 0 Å². The summed E-state index contributed by atoms with van der Waals surface area (Å²) in [4.78, 5) is 0. The number of alkyl halides is 1. The van der Waals surface area contributed by atoms with Crippen molar-refractivity contribution in [2.75, 3.05) is 13.2 Å². The molecule has 0 aromatic heterocycles. The van der Waals surface area contributed by atoms with Crippen LogP contribution >= 0.6 is 12.4 Å². The molecule has 0 aromatic rings. The van der Waals surface area contributed by atoms with Crippen LogP contribution in [0.1, 0.15) is 12.8 Å².